The van der Waals surface area contributed by atoms with E-state index in [9.17, 15) is 4.79 Å². The molecule has 1 atom stereocenters. The molecule has 42 heavy (non-hydrogen) atoms. The molecule has 3 aromatic rings. The van der Waals surface area contributed by atoms with E-state index in [2.05, 4.69) is 36.8 Å². The summed E-state index contributed by atoms with van der Waals surface area (Å²) in [5.41, 5.74) is 6.14. The third kappa shape index (κ3) is 7.66. The van der Waals surface area contributed by atoms with Gasteiger partial charge >= 0.3 is 0 Å². The fraction of sp³-hybridized carbons (Fsp3) is 0.457. The Morgan fingerprint density at radius 2 is 1.50 bits per heavy atom. The van der Waals surface area contributed by atoms with E-state index < -0.39 is 0 Å². The average Bonchev–Trinajstić information content (AvgIpc) is 2.96. The number of aryl methyl sites for hydroxylation is 2. The van der Waals surface area contributed by atoms with Crippen molar-refractivity contribution in [1.82, 2.24) is 9.80 Å². The molecule has 226 valence electrons. The minimum Gasteiger partial charge on any atom is -0.490 e. The predicted molar refractivity (Wildman–Crippen MR) is 173 cm³/mol. The molecule has 0 saturated carbocycles. The molecule has 0 aromatic heterocycles. The Morgan fingerprint density at radius 1 is 0.857 bits per heavy atom. The van der Waals surface area contributed by atoms with Crippen molar-refractivity contribution in [1.29, 1.82) is 0 Å². The van der Waals surface area contributed by atoms with Crippen molar-refractivity contribution in [2.24, 2.45) is 0 Å². The van der Waals surface area contributed by atoms with Crippen molar-refractivity contribution in [3.63, 3.8) is 0 Å². The number of ether oxygens (including phenoxy) is 2. The lowest BCUT2D eigenvalue weighted by Crippen LogP contribution is -2.44. The Bertz CT molecular complexity index is 1340. The Morgan fingerprint density at radius 3 is 2.10 bits per heavy atom. The van der Waals surface area contributed by atoms with Crippen molar-refractivity contribution in [2.75, 3.05) is 57.9 Å². The first-order valence-electron chi connectivity index (χ1n) is 15.2. The normalized spacial score (nSPS) is 17.4. The largest absolute Gasteiger partial charge is 0.490 e. The number of hydrogen-bond donors (Lipinski definition) is 0. The van der Waals surface area contributed by atoms with E-state index in [1.54, 1.807) is 0 Å². The Kier molecular flexibility index (Phi) is 11.3. The standard InChI is InChI=1S/C27H28ClNO3.C8H18N2/c1-5-31-24-14-20-15-26(30)29(23-12-7-17(3)13-18(23)4)27(19-8-10-21(28)11-9-19)22(20)16-25(24)32-6-2;1-3-4-10-7-5-9(2)6-8-10/h7-14,16,27H,5-6,15H2,1-4H3;3-8H2,1-2H3. The van der Waals surface area contributed by atoms with Crippen LogP contribution in [0.15, 0.2) is 54.6 Å². The number of hydrogen-bond acceptors (Lipinski definition) is 5. The molecule has 7 heteroatoms. The second-order valence-corrected chi connectivity index (χ2v) is 11.6. The van der Waals surface area contributed by atoms with Gasteiger partial charge in [-0.25, -0.2) is 0 Å². The number of carbonyl (C=O) groups is 1. The van der Waals surface area contributed by atoms with E-state index in [1.807, 2.05) is 74.2 Å². The molecule has 6 nitrogen and oxygen atoms in total. The highest BCUT2D eigenvalue weighted by molar-refractivity contribution is 6.30. The maximum atomic E-state index is 13.6. The SMILES string of the molecule is CCCN1CCN(C)CC1.CCOc1cc2c(cc1OCC)C(c1ccc(Cl)cc1)N(c1ccc(C)cc1C)C(=O)C2. The summed E-state index contributed by atoms with van der Waals surface area (Å²) in [4.78, 5) is 20.4. The number of amides is 1. The summed E-state index contributed by atoms with van der Waals surface area (Å²) in [7, 11) is 2.20. The molecular weight excluding hydrogens is 546 g/mol. The molecule has 0 spiro atoms. The van der Waals surface area contributed by atoms with Crippen LogP contribution in [0.1, 0.15) is 61.1 Å². The fourth-order valence-electron chi connectivity index (χ4n) is 5.80. The van der Waals surface area contributed by atoms with Gasteiger partial charge in [0, 0.05) is 36.9 Å². The van der Waals surface area contributed by atoms with Gasteiger partial charge in [-0.05, 0) is 100 Å². The Labute approximate surface area is 257 Å². The average molecular weight is 592 g/mol. The highest BCUT2D eigenvalue weighted by atomic mass is 35.5. The van der Waals surface area contributed by atoms with Gasteiger partial charge in [0.05, 0.1) is 25.7 Å². The summed E-state index contributed by atoms with van der Waals surface area (Å²) < 4.78 is 11.7. The van der Waals surface area contributed by atoms with Gasteiger partial charge in [-0.15, -0.1) is 0 Å². The van der Waals surface area contributed by atoms with E-state index in [0.29, 0.717) is 36.2 Å². The first kappa shape index (κ1) is 31.9. The number of rotatable bonds is 8. The number of nitrogens with zero attached hydrogens (tertiary/aromatic N) is 3. The Hall–Kier alpha value is -3.06. The van der Waals surface area contributed by atoms with Gasteiger partial charge in [0.2, 0.25) is 5.91 Å². The van der Waals surface area contributed by atoms with Crippen molar-refractivity contribution >= 4 is 23.2 Å². The quantitative estimate of drug-likeness (QED) is 0.280. The number of benzene rings is 3. The molecule has 2 aliphatic rings. The minimum atomic E-state index is -0.292. The summed E-state index contributed by atoms with van der Waals surface area (Å²) in [6.45, 7) is 17.6. The number of carbonyl (C=O) groups excluding carboxylic acids is 1. The van der Waals surface area contributed by atoms with Crippen LogP contribution in [0, 0.1) is 13.8 Å². The van der Waals surface area contributed by atoms with Crippen LogP contribution in [0.5, 0.6) is 11.5 Å². The van der Waals surface area contributed by atoms with Crippen molar-refractivity contribution in [3.05, 3.63) is 87.4 Å². The number of fused-ring (bicyclic) bond motifs is 1. The lowest BCUT2D eigenvalue weighted by molar-refractivity contribution is -0.118. The third-order valence-corrected chi connectivity index (χ3v) is 8.15. The van der Waals surface area contributed by atoms with Crippen molar-refractivity contribution < 1.29 is 14.3 Å². The minimum absolute atomic E-state index is 0.0519. The van der Waals surface area contributed by atoms with Crippen LogP contribution in [0.3, 0.4) is 0 Å². The Balaban J connectivity index is 0.000000343. The number of anilines is 1. The first-order valence-corrected chi connectivity index (χ1v) is 15.6. The molecule has 0 bridgehead atoms. The lowest BCUT2D eigenvalue weighted by Gasteiger charge is -2.39. The molecule has 1 saturated heterocycles. The number of halogens is 1. The van der Waals surface area contributed by atoms with Gasteiger partial charge in [-0.2, -0.15) is 0 Å². The van der Waals surface area contributed by atoms with Gasteiger partial charge < -0.3 is 24.2 Å². The zero-order valence-electron chi connectivity index (χ0n) is 26.1. The summed E-state index contributed by atoms with van der Waals surface area (Å²) in [5, 5.41) is 0.663. The summed E-state index contributed by atoms with van der Waals surface area (Å²) in [5.74, 6) is 1.42. The molecule has 5 rings (SSSR count). The number of piperazine rings is 1. The van der Waals surface area contributed by atoms with Crippen molar-refractivity contribution in [3.8, 4) is 11.5 Å². The molecule has 1 fully saturated rings. The van der Waals surface area contributed by atoms with Crippen LogP contribution in [0.2, 0.25) is 5.02 Å². The molecule has 0 aliphatic carbocycles. The van der Waals surface area contributed by atoms with E-state index in [4.69, 9.17) is 21.1 Å². The smallest absolute Gasteiger partial charge is 0.232 e. The molecule has 1 unspecified atom stereocenters. The molecule has 3 aromatic carbocycles. The van der Waals surface area contributed by atoms with Crippen molar-refractivity contribution in [2.45, 2.75) is 53.5 Å². The fourth-order valence-corrected chi connectivity index (χ4v) is 5.93. The molecular formula is C35H46ClN3O3. The first-order chi connectivity index (χ1) is 20.2. The third-order valence-electron chi connectivity index (χ3n) is 7.90. The monoisotopic (exact) mass is 591 g/mol. The zero-order chi connectivity index (χ0) is 30.2. The highest BCUT2D eigenvalue weighted by Gasteiger charge is 2.36. The zero-order valence-corrected chi connectivity index (χ0v) is 26.8. The van der Waals surface area contributed by atoms with Crippen LogP contribution in [-0.2, 0) is 11.2 Å². The maximum absolute atomic E-state index is 13.6. The van der Waals surface area contributed by atoms with Gasteiger partial charge in [0.25, 0.3) is 0 Å². The van der Waals surface area contributed by atoms with E-state index >= 15 is 0 Å². The molecule has 0 N–H and O–H groups in total. The lowest BCUT2D eigenvalue weighted by atomic mass is 9.86. The molecule has 2 heterocycles. The van der Waals surface area contributed by atoms with Crippen LogP contribution in [0.4, 0.5) is 5.69 Å². The summed E-state index contributed by atoms with van der Waals surface area (Å²) in [6.07, 6.45) is 1.60. The van der Waals surface area contributed by atoms with Crippen LogP contribution >= 0.6 is 11.6 Å². The van der Waals surface area contributed by atoms with E-state index in [-0.39, 0.29) is 11.9 Å². The number of likely N-dealkylation sites (N-methyl/N-ethyl adjacent to an activating group) is 1. The van der Waals surface area contributed by atoms with Gasteiger partial charge in [-0.3, -0.25) is 4.79 Å². The predicted octanol–water partition coefficient (Wildman–Crippen LogP) is 7.08. The van der Waals surface area contributed by atoms with Gasteiger partial charge in [0.1, 0.15) is 0 Å². The van der Waals surface area contributed by atoms with E-state index in [1.165, 1.54) is 44.7 Å². The molecule has 2 aliphatic heterocycles. The topological polar surface area (TPSA) is 45.2 Å². The molecule has 1 amide bonds. The summed E-state index contributed by atoms with van der Waals surface area (Å²) in [6, 6.07) is 17.6. The van der Waals surface area contributed by atoms with Gasteiger partial charge in [0.15, 0.2) is 11.5 Å². The van der Waals surface area contributed by atoms with Crippen LogP contribution in [-0.4, -0.2) is 68.7 Å². The van der Waals surface area contributed by atoms with Crippen LogP contribution in [0.25, 0.3) is 0 Å². The summed E-state index contributed by atoms with van der Waals surface area (Å²) >= 11 is 6.18. The molecule has 0 radical (unpaired) electrons. The van der Waals surface area contributed by atoms with Crippen LogP contribution < -0.4 is 14.4 Å². The second kappa shape index (κ2) is 14.9. The maximum Gasteiger partial charge on any atom is 0.232 e. The van der Waals surface area contributed by atoms with E-state index in [0.717, 1.165) is 27.9 Å². The van der Waals surface area contributed by atoms with Gasteiger partial charge in [-0.1, -0.05) is 48.4 Å². The highest BCUT2D eigenvalue weighted by Crippen LogP contribution is 2.44. The second-order valence-electron chi connectivity index (χ2n) is 11.2.